The van der Waals surface area contributed by atoms with E-state index in [9.17, 15) is 4.79 Å². The normalized spacial score (nSPS) is 11.9. The van der Waals surface area contributed by atoms with E-state index in [2.05, 4.69) is 26.1 Å². The van der Waals surface area contributed by atoms with Gasteiger partial charge in [0, 0.05) is 11.3 Å². The van der Waals surface area contributed by atoms with E-state index in [-0.39, 0.29) is 12.0 Å². The Morgan fingerprint density at radius 2 is 1.58 bits per heavy atom. The second-order valence-corrected chi connectivity index (χ2v) is 6.87. The number of benzene rings is 2. The fraction of sp³-hybridized carbons (Fsp3) is 0.409. The molecule has 0 saturated heterocycles. The molecule has 1 unspecified atom stereocenters. The maximum Gasteiger partial charge on any atom is 0.255 e. The summed E-state index contributed by atoms with van der Waals surface area (Å²) in [6.07, 6.45) is 2.13. The van der Waals surface area contributed by atoms with Gasteiger partial charge in [0.2, 0.25) is 0 Å². The van der Waals surface area contributed by atoms with Crippen molar-refractivity contribution in [2.45, 2.75) is 46.6 Å². The van der Waals surface area contributed by atoms with Crippen LogP contribution in [0, 0.1) is 5.92 Å². The van der Waals surface area contributed by atoms with Gasteiger partial charge >= 0.3 is 0 Å². The molecule has 140 valence electrons. The molecule has 1 N–H and O–H groups in total. The van der Waals surface area contributed by atoms with Crippen molar-refractivity contribution < 1.29 is 14.3 Å². The van der Waals surface area contributed by atoms with Crippen molar-refractivity contribution in [3.8, 4) is 11.5 Å². The molecule has 2 aromatic carbocycles. The lowest BCUT2D eigenvalue weighted by Crippen LogP contribution is -2.12. The van der Waals surface area contributed by atoms with Gasteiger partial charge in [-0.25, -0.2) is 0 Å². The van der Waals surface area contributed by atoms with E-state index in [0.717, 1.165) is 30.0 Å². The highest BCUT2D eigenvalue weighted by Crippen LogP contribution is 2.19. The van der Waals surface area contributed by atoms with Crippen LogP contribution in [0.3, 0.4) is 0 Å². The quantitative estimate of drug-likeness (QED) is 0.642. The summed E-state index contributed by atoms with van der Waals surface area (Å²) in [7, 11) is 0. The van der Waals surface area contributed by atoms with Crippen LogP contribution < -0.4 is 14.8 Å². The molecule has 1 amide bonds. The minimum atomic E-state index is -0.145. The number of amides is 1. The second kappa shape index (κ2) is 9.85. The number of hydrogen-bond donors (Lipinski definition) is 1. The first-order chi connectivity index (χ1) is 12.5. The highest BCUT2D eigenvalue weighted by atomic mass is 16.5. The van der Waals surface area contributed by atoms with Gasteiger partial charge in [-0.2, -0.15) is 0 Å². The van der Waals surface area contributed by atoms with Gasteiger partial charge in [0.25, 0.3) is 5.91 Å². The lowest BCUT2D eigenvalue weighted by Gasteiger charge is -2.13. The smallest absolute Gasteiger partial charge is 0.255 e. The summed E-state index contributed by atoms with van der Waals surface area (Å²) in [5.74, 6) is 2.07. The van der Waals surface area contributed by atoms with Gasteiger partial charge in [-0.3, -0.25) is 4.79 Å². The molecule has 2 rings (SSSR count). The van der Waals surface area contributed by atoms with Crippen molar-refractivity contribution in [1.82, 2.24) is 0 Å². The third-order valence-corrected chi connectivity index (χ3v) is 4.10. The fourth-order valence-corrected chi connectivity index (χ4v) is 2.25. The molecule has 0 fully saturated rings. The van der Waals surface area contributed by atoms with Crippen LogP contribution in [0.5, 0.6) is 11.5 Å². The second-order valence-electron chi connectivity index (χ2n) is 6.87. The maximum absolute atomic E-state index is 12.4. The Kier molecular flexibility index (Phi) is 7.52. The zero-order chi connectivity index (χ0) is 18.9. The Labute approximate surface area is 156 Å². The van der Waals surface area contributed by atoms with Gasteiger partial charge in [-0.1, -0.05) is 20.8 Å². The van der Waals surface area contributed by atoms with E-state index in [1.165, 1.54) is 0 Å². The topological polar surface area (TPSA) is 47.6 Å². The molecule has 0 spiro atoms. The van der Waals surface area contributed by atoms with Crippen LogP contribution in [0.25, 0.3) is 0 Å². The molecule has 0 heterocycles. The number of anilines is 1. The van der Waals surface area contributed by atoms with E-state index in [1.54, 1.807) is 12.1 Å². The van der Waals surface area contributed by atoms with Gasteiger partial charge in [-0.05, 0) is 74.2 Å². The van der Waals surface area contributed by atoms with Gasteiger partial charge in [0.1, 0.15) is 11.5 Å². The Bertz CT molecular complexity index is 678. The van der Waals surface area contributed by atoms with Crippen molar-refractivity contribution in [3.05, 3.63) is 54.1 Å². The molecule has 0 saturated carbocycles. The number of ether oxygens (including phenoxy) is 2. The summed E-state index contributed by atoms with van der Waals surface area (Å²) >= 11 is 0. The van der Waals surface area contributed by atoms with Crippen LogP contribution in [-0.2, 0) is 0 Å². The molecule has 1 atom stereocenters. The Morgan fingerprint density at radius 3 is 2.15 bits per heavy atom. The first-order valence-corrected chi connectivity index (χ1v) is 9.29. The van der Waals surface area contributed by atoms with Gasteiger partial charge in [0.15, 0.2) is 0 Å². The van der Waals surface area contributed by atoms with Crippen LogP contribution in [0.2, 0.25) is 0 Å². The average Bonchev–Trinajstić information content (AvgIpc) is 2.63. The molecule has 4 nitrogen and oxygen atoms in total. The summed E-state index contributed by atoms with van der Waals surface area (Å²) in [6, 6.07) is 14.6. The number of hydrogen-bond acceptors (Lipinski definition) is 3. The minimum Gasteiger partial charge on any atom is -0.494 e. The zero-order valence-corrected chi connectivity index (χ0v) is 16.1. The molecular formula is C22H29NO3. The highest BCUT2D eigenvalue weighted by Gasteiger charge is 2.08. The van der Waals surface area contributed by atoms with Crippen molar-refractivity contribution in [1.29, 1.82) is 0 Å². The first-order valence-electron chi connectivity index (χ1n) is 9.29. The predicted molar refractivity (Wildman–Crippen MR) is 106 cm³/mol. The number of carbonyl (C=O) groups is 1. The Balaban J connectivity index is 1.88. The predicted octanol–water partition coefficient (Wildman–Crippen LogP) is 5.54. The largest absolute Gasteiger partial charge is 0.494 e. The molecule has 0 aliphatic carbocycles. The molecule has 4 heteroatoms. The summed E-state index contributed by atoms with van der Waals surface area (Å²) in [6.45, 7) is 9.15. The summed E-state index contributed by atoms with van der Waals surface area (Å²) in [5, 5.41) is 2.90. The molecule has 0 aromatic heterocycles. The molecule has 0 aliphatic rings. The van der Waals surface area contributed by atoms with E-state index >= 15 is 0 Å². The third-order valence-electron chi connectivity index (χ3n) is 4.10. The van der Waals surface area contributed by atoms with E-state index in [1.807, 2.05) is 43.3 Å². The van der Waals surface area contributed by atoms with Crippen molar-refractivity contribution >= 4 is 11.6 Å². The van der Waals surface area contributed by atoms with Crippen LogP contribution in [0.1, 0.15) is 50.9 Å². The Hall–Kier alpha value is -2.49. The van der Waals surface area contributed by atoms with Crippen LogP contribution >= 0.6 is 0 Å². The summed E-state index contributed by atoms with van der Waals surface area (Å²) in [4.78, 5) is 12.4. The monoisotopic (exact) mass is 355 g/mol. The lowest BCUT2D eigenvalue weighted by atomic mass is 10.1. The van der Waals surface area contributed by atoms with Gasteiger partial charge in [0.05, 0.1) is 12.7 Å². The average molecular weight is 355 g/mol. The molecule has 26 heavy (non-hydrogen) atoms. The number of nitrogens with one attached hydrogen (secondary N) is 1. The highest BCUT2D eigenvalue weighted by molar-refractivity contribution is 6.04. The standard InChI is InChI=1S/C22H29NO3/c1-5-17(4)26-21-10-6-18(7-11-21)22(24)23-19-8-12-20(13-9-19)25-15-14-16(2)3/h6-13,16-17H,5,14-15H2,1-4H3,(H,23,24). The van der Waals surface area contributed by atoms with Crippen LogP contribution in [0.4, 0.5) is 5.69 Å². The van der Waals surface area contributed by atoms with Gasteiger partial charge < -0.3 is 14.8 Å². The van der Waals surface area contributed by atoms with Crippen LogP contribution in [-0.4, -0.2) is 18.6 Å². The van der Waals surface area contributed by atoms with Crippen molar-refractivity contribution in [2.24, 2.45) is 5.92 Å². The summed E-state index contributed by atoms with van der Waals surface area (Å²) in [5.41, 5.74) is 1.34. The van der Waals surface area contributed by atoms with E-state index < -0.39 is 0 Å². The van der Waals surface area contributed by atoms with E-state index in [0.29, 0.717) is 18.1 Å². The minimum absolute atomic E-state index is 0.145. The fourth-order valence-electron chi connectivity index (χ4n) is 2.25. The molecule has 0 bridgehead atoms. The molecular weight excluding hydrogens is 326 g/mol. The first kappa shape index (κ1) is 19.8. The van der Waals surface area contributed by atoms with Crippen molar-refractivity contribution in [2.75, 3.05) is 11.9 Å². The van der Waals surface area contributed by atoms with Gasteiger partial charge in [-0.15, -0.1) is 0 Å². The SMILES string of the molecule is CCC(C)Oc1ccc(C(=O)Nc2ccc(OCCC(C)C)cc2)cc1. The lowest BCUT2D eigenvalue weighted by molar-refractivity contribution is 0.102. The molecule has 2 aromatic rings. The third kappa shape index (κ3) is 6.43. The zero-order valence-electron chi connectivity index (χ0n) is 16.1. The number of rotatable bonds is 9. The van der Waals surface area contributed by atoms with Crippen molar-refractivity contribution in [3.63, 3.8) is 0 Å². The number of carbonyl (C=O) groups excluding carboxylic acids is 1. The summed E-state index contributed by atoms with van der Waals surface area (Å²) < 4.78 is 11.4. The Morgan fingerprint density at radius 1 is 0.962 bits per heavy atom. The molecule has 0 radical (unpaired) electrons. The van der Waals surface area contributed by atoms with Crippen LogP contribution in [0.15, 0.2) is 48.5 Å². The van der Waals surface area contributed by atoms with E-state index in [4.69, 9.17) is 9.47 Å². The molecule has 0 aliphatic heterocycles. The maximum atomic E-state index is 12.4.